The Bertz CT molecular complexity index is 871. The number of ether oxygens (including phenoxy) is 2. The topological polar surface area (TPSA) is 88.2 Å². The first-order valence-electron chi connectivity index (χ1n) is 9.04. The van der Waals surface area contributed by atoms with Crippen LogP contribution in [0, 0.1) is 5.82 Å². The molecule has 0 spiro atoms. The summed E-state index contributed by atoms with van der Waals surface area (Å²) in [4.78, 5) is 37.5. The van der Waals surface area contributed by atoms with Gasteiger partial charge in [0.25, 0.3) is 0 Å². The van der Waals surface area contributed by atoms with Crippen LogP contribution >= 0.6 is 0 Å². The Labute approximate surface area is 160 Å². The van der Waals surface area contributed by atoms with E-state index in [9.17, 15) is 18.8 Å². The lowest BCUT2D eigenvalue weighted by Gasteiger charge is -2.23. The molecule has 148 valence electrons. The van der Waals surface area contributed by atoms with E-state index in [-0.39, 0.29) is 12.6 Å². The summed E-state index contributed by atoms with van der Waals surface area (Å²) in [7, 11) is 1.26. The van der Waals surface area contributed by atoms with Crippen LogP contribution in [-0.2, 0) is 20.7 Å². The molecule has 0 radical (unpaired) electrons. The molecule has 3 aliphatic rings. The van der Waals surface area contributed by atoms with Gasteiger partial charge in [-0.05, 0) is 36.1 Å². The molecule has 2 atom stereocenters. The number of amides is 3. The predicted octanol–water partition coefficient (Wildman–Crippen LogP) is 1.68. The van der Waals surface area contributed by atoms with E-state index in [1.165, 1.54) is 18.1 Å². The minimum absolute atomic E-state index is 0.121. The minimum Gasteiger partial charge on any atom is -0.453 e. The van der Waals surface area contributed by atoms with E-state index in [2.05, 4.69) is 10.1 Å². The van der Waals surface area contributed by atoms with Crippen LogP contribution in [-0.4, -0.2) is 62.4 Å². The van der Waals surface area contributed by atoms with Gasteiger partial charge >= 0.3 is 12.2 Å². The monoisotopic (exact) mass is 389 g/mol. The molecule has 9 heteroatoms. The van der Waals surface area contributed by atoms with Crippen LogP contribution in [0.2, 0.25) is 0 Å². The maximum absolute atomic E-state index is 14.8. The molecule has 0 aromatic heterocycles. The first-order chi connectivity index (χ1) is 13.5. The Morgan fingerprint density at radius 1 is 1.46 bits per heavy atom. The standard InChI is InChI=1S/C19H20FN3O5/c1-27-18(25)21-9-17-16-7-12-6-13(11-2-4-22(10-24)5-3-11)14(20)8-15(12)23(16)19(26)28-17/h2,6,8,10,16-17H,3-5,7,9H2,1H3,(H,21,25)/t16?,17-/m0/s1. The lowest BCUT2D eigenvalue weighted by molar-refractivity contribution is -0.117. The van der Waals surface area contributed by atoms with Gasteiger partial charge < -0.3 is 19.7 Å². The van der Waals surface area contributed by atoms with E-state index < -0.39 is 24.1 Å². The number of halogens is 1. The van der Waals surface area contributed by atoms with Gasteiger partial charge in [-0.3, -0.25) is 9.69 Å². The quantitative estimate of drug-likeness (QED) is 0.792. The third-order valence-electron chi connectivity index (χ3n) is 5.44. The minimum atomic E-state index is -0.605. The average molecular weight is 389 g/mol. The fourth-order valence-corrected chi connectivity index (χ4v) is 3.99. The second-order valence-electron chi connectivity index (χ2n) is 6.98. The highest BCUT2D eigenvalue weighted by atomic mass is 19.1. The summed E-state index contributed by atoms with van der Waals surface area (Å²) in [6.07, 6.45) is 2.04. The Morgan fingerprint density at radius 3 is 2.96 bits per heavy atom. The number of carbonyl (C=O) groups is 3. The van der Waals surface area contributed by atoms with Crippen LogP contribution in [0.3, 0.4) is 0 Å². The van der Waals surface area contributed by atoms with Crippen LogP contribution in [0.15, 0.2) is 18.2 Å². The van der Waals surface area contributed by atoms with Crippen LogP contribution in [0.4, 0.5) is 19.7 Å². The van der Waals surface area contributed by atoms with Gasteiger partial charge in [-0.1, -0.05) is 6.08 Å². The van der Waals surface area contributed by atoms with Gasteiger partial charge in [0, 0.05) is 18.7 Å². The molecule has 4 rings (SSSR count). The molecule has 1 N–H and O–H groups in total. The zero-order chi connectivity index (χ0) is 19.8. The summed E-state index contributed by atoms with van der Waals surface area (Å²) >= 11 is 0. The van der Waals surface area contributed by atoms with Crippen molar-refractivity contribution >= 4 is 29.9 Å². The second-order valence-corrected chi connectivity index (χ2v) is 6.98. The molecule has 1 aromatic rings. The number of alkyl carbamates (subject to hydrolysis) is 1. The smallest absolute Gasteiger partial charge is 0.415 e. The van der Waals surface area contributed by atoms with E-state index in [0.717, 1.165) is 17.5 Å². The molecule has 1 aromatic carbocycles. The maximum Gasteiger partial charge on any atom is 0.415 e. The fourth-order valence-electron chi connectivity index (χ4n) is 3.99. The molecule has 0 saturated carbocycles. The number of hydrogen-bond acceptors (Lipinski definition) is 5. The molecule has 0 aliphatic carbocycles. The van der Waals surface area contributed by atoms with Crippen LogP contribution in [0.5, 0.6) is 0 Å². The normalized spacial score (nSPS) is 22.9. The average Bonchev–Trinajstić information content (AvgIpc) is 3.22. The van der Waals surface area contributed by atoms with Crippen molar-refractivity contribution in [3.8, 4) is 0 Å². The first kappa shape index (κ1) is 18.3. The molecule has 0 bridgehead atoms. The molecule has 3 amide bonds. The van der Waals surface area contributed by atoms with Crippen molar-refractivity contribution in [2.24, 2.45) is 0 Å². The second kappa shape index (κ2) is 7.14. The summed E-state index contributed by atoms with van der Waals surface area (Å²) in [6, 6.07) is 2.85. The SMILES string of the molecule is COC(=O)NC[C@@H]1OC(=O)N2c3cc(F)c(C4=CCN(C=O)CC4)cc3CC12. The number of fused-ring (bicyclic) bond motifs is 3. The van der Waals surface area contributed by atoms with Gasteiger partial charge in [-0.25, -0.2) is 14.0 Å². The summed E-state index contributed by atoms with van der Waals surface area (Å²) in [5.74, 6) is -0.408. The van der Waals surface area contributed by atoms with Crippen LogP contribution in [0.25, 0.3) is 5.57 Å². The van der Waals surface area contributed by atoms with Gasteiger partial charge in [-0.15, -0.1) is 0 Å². The van der Waals surface area contributed by atoms with Crippen LogP contribution < -0.4 is 10.2 Å². The molecule has 8 nitrogen and oxygen atoms in total. The summed E-state index contributed by atoms with van der Waals surface area (Å²) in [6.45, 7) is 1.13. The molecule has 1 fully saturated rings. The summed E-state index contributed by atoms with van der Waals surface area (Å²) in [5, 5.41) is 2.54. The number of rotatable bonds is 4. The lowest BCUT2D eigenvalue weighted by Crippen LogP contribution is -2.40. The fraction of sp³-hybridized carbons (Fsp3) is 0.421. The van der Waals surface area contributed by atoms with Crippen molar-refractivity contribution < 1.29 is 28.2 Å². The van der Waals surface area contributed by atoms with Gasteiger partial charge in [-0.2, -0.15) is 0 Å². The number of nitrogens with zero attached hydrogens (tertiary/aromatic N) is 2. The number of anilines is 1. The molecule has 3 heterocycles. The Hall–Kier alpha value is -3.10. The number of carbonyl (C=O) groups excluding carboxylic acids is 3. The van der Waals surface area contributed by atoms with E-state index in [0.29, 0.717) is 37.2 Å². The van der Waals surface area contributed by atoms with Crippen molar-refractivity contribution in [3.63, 3.8) is 0 Å². The molecule has 1 unspecified atom stereocenters. The Morgan fingerprint density at radius 2 is 2.29 bits per heavy atom. The number of benzene rings is 1. The predicted molar refractivity (Wildman–Crippen MR) is 97.3 cm³/mol. The van der Waals surface area contributed by atoms with E-state index in [1.54, 1.807) is 11.0 Å². The number of hydrogen-bond donors (Lipinski definition) is 1. The summed E-state index contributed by atoms with van der Waals surface area (Å²) in [5.41, 5.74) is 2.72. The highest BCUT2D eigenvalue weighted by molar-refractivity contribution is 5.94. The number of methoxy groups -OCH3 is 1. The first-order valence-corrected chi connectivity index (χ1v) is 9.04. The van der Waals surface area contributed by atoms with Crippen molar-refractivity contribution in [2.75, 3.05) is 31.6 Å². The molecular weight excluding hydrogens is 369 g/mol. The lowest BCUT2D eigenvalue weighted by atomic mass is 9.95. The van der Waals surface area contributed by atoms with Gasteiger partial charge in [0.1, 0.15) is 11.9 Å². The Balaban J connectivity index is 1.57. The van der Waals surface area contributed by atoms with Gasteiger partial charge in [0.15, 0.2) is 0 Å². The number of cyclic esters (lactones) is 1. The third kappa shape index (κ3) is 3.06. The maximum atomic E-state index is 14.8. The van der Waals surface area contributed by atoms with E-state index >= 15 is 0 Å². The molecular formula is C19H20FN3O5. The van der Waals surface area contributed by atoms with E-state index in [4.69, 9.17) is 4.74 Å². The molecule has 1 saturated heterocycles. The van der Waals surface area contributed by atoms with Crippen LogP contribution in [0.1, 0.15) is 17.5 Å². The van der Waals surface area contributed by atoms with Crippen molar-refractivity contribution in [3.05, 3.63) is 35.2 Å². The zero-order valence-electron chi connectivity index (χ0n) is 15.3. The van der Waals surface area contributed by atoms with Crippen molar-refractivity contribution in [1.29, 1.82) is 0 Å². The largest absolute Gasteiger partial charge is 0.453 e. The number of nitrogens with one attached hydrogen (secondary N) is 1. The third-order valence-corrected chi connectivity index (χ3v) is 5.44. The van der Waals surface area contributed by atoms with Crippen molar-refractivity contribution in [1.82, 2.24) is 10.2 Å². The van der Waals surface area contributed by atoms with Gasteiger partial charge in [0.05, 0.1) is 25.4 Å². The Kier molecular flexibility index (Phi) is 4.66. The highest BCUT2D eigenvalue weighted by Crippen LogP contribution is 2.41. The molecule has 3 aliphatic heterocycles. The van der Waals surface area contributed by atoms with Crippen molar-refractivity contribution in [2.45, 2.75) is 25.0 Å². The highest BCUT2D eigenvalue weighted by Gasteiger charge is 2.48. The summed E-state index contributed by atoms with van der Waals surface area (Å²) < 4.78 is 24.7. The van der Waals surface area contributed by atoms with E-state index in [1.807, 2.05) is 6.08 Å². The van der Waals surface area contributed by atoms with Gasteiger partial charge in [0.2, 0.25) is 6.41 Å². The zero-order valence-corrected chi connectivity index (χ0v) is 15.3. The molecule has 28 heavy (non-hydrogen) atoms.